The van der Waals surface area contributed by atoms with E-state index < -0.39 is 5.41 Å². The number of nitrogens with two attached hydrogens (primary N) is 1. The van der Waals surface area contributed by atoms with Crippen LogP contribution in [0.2, 0.25) is 0 Å². The van der Waals surface area contributed by atoms with Crippen molar-refractivity contribution in [2.75, 3.05) is 33.4 Å². The number of halogens is 1. The zero-order chi connectivity index (χ0) is 16.7. The smallest absolute Gasteiger partial charge is 0.227 e. The predicted octanol–water partition coefficient (Wildman–Crippen LogP) is 1.76. The normalized spacial score (nSPS) is 17.3. The Morgan fingerprint density at radius 2 is 1.88 bits per heavy atom. The van der Waals surface area contributed by atoms with E-state index in [1.807, 2.05) is 31.2 Å². The number of amides is 1. The lowest BCUT2D eigenvalue weighted by Gasteiger charge is -2.34. The van der Waals surface area contributed by atoms with Crippen LogP contribution in [-0.2, 0) is 9.53 Å². The van der Waals surface area contributed by atoms with Gasteiger partial charge in [0.15, 0.2) is 0 Å². The summed E-state index contributed by atoms with van der Waals surface area (Å²) in [6, 6.07) is 7.37. The molecule has 1 aromatic rings. The average molecular weight is 359 g/mol. The summed E-state index contributed by atoms with van der Waals surface area (Å²) in [5, 5.41) is 2.96. The SMILES string of the molecule is COc1ccc(OC(C)CNC(=O)C2(CN)CCOCC2)cc1.Cl. The van der Waals surface area contributed by atoms with Crippen LogP contribution in [0.3, 0.4) is 0 Å². The molecule has 0 saturated carbocycles. The van der Waals surface area contributed by atoms with E-state index in [4.69, 9.17) is 19.9 Å². The molecule has 1 amide bonds. The first-order valence-electron chi connectivity index (χ1n) is 7.96. The van der Waals surface area contributed by atoms with E-state index in [1.54, 1.807) is 7.11 Å². The lowest BCUT2D eigenvalue weighted by molar-refractivity contribution is -0.136. The summed E-state index contributed by atoms with van der Waals surface area (Å²) >= 11 is 0. The van der Waals surface area contributed by atoms with Crippen LogP contribution in [0.25, 0.3) is 0 Å². The van der Waals surface area contributed by atoms with Crippen molar-refractivity contribution in [1.82, 2.24) is 5.32 Å². The number of rotatable bonds is 7. The second-order valence-corrected chi connectivity index (χ2v) is 5.91. The highest BCUT2D eigenvalue weighted by molar-refractivity contribution is 5.85. The molecule has 0 radical (unpaired) electrons. The van der Waals surface area contributed by atoms with Crippen molar-refractivity contribution >= 4 is 18.3 Å². The van der Waals surface area contributed by atoms with Crippen molar-refractivity contribution < 1.29 is 19.0 Å². The zero-order valence-electron chi connectivity index (χ0n) is 14.2. The Bertz CT molecular complexity index is 504. The highest BCUT2D eigenvalue weighted by atomic mass is 35.5. The lowest BCUT2D eigenvalue weighted by atomic mass is 9.79. The Hall–Kier alpha value is -1.50. The fourth-order valence-electron chi connectivity index (χ4n) is 2.64. The van der Waals surface area contributed by atoms with E-state index in [9.17, 15) is 4.79 Å². The molecule has 0 aromatic heterocycles. The minimum atomic E-state index is -0.502. The second-order valence-electron chi connectivity index (χ2n) is 5.91. The lowest BCUT2D eigenvalue weighted by Crippen LogP contribution is -2.50. The van der Waals surface area contributed by atoms with Crippen molar-refractivity contribution in [2.24, 2.45) is 11.1 Å². The van der Waals surface area contributed by atoms with Crippen LogP contribution >= 0.6 is 12.4 Å². The summed E-state index contributed by atoms with van der Waals surface area (Å²) in [6.45, 7) is 3.87. The van der Waals surface area contributed by atoms with Gasteiger partial charge < -0.3 is 25.3 Å². The summed E-state index contributed by atoms with van der Waals surface area (Å²) in [6.07, 6.45) is 1.20. The molecule has 24 heavy (non-hydrogen) atoms. The van der Waals surface area contributed by atoms with E-state index in [0.717, 1.165) is 11.5 Å². The Morgan fingerprint density at radius 3 is 2.42 bits per heavy atom. The van der Waals surface area contributed by atoms with Crippen LogP contribution in [0.15, 0.2) is 24.3 Å². The molecule has 1 aliphatic rings. The molecule has 0 bridgehead atoms. The molecule has 0 aliphatic carbocycles. The molecule has 1 unspecified atom stereocenters. The average Bonchev–Trinajstić information content (AvgIpc) is 2.60. The quantitative estimate of drug-likeness (QED) is 0.776. The van der Waals surface area contributed by atoms with Gasteiger partial charge in [0.25, 0.3) is 0 Å². The maximum absolute atomic E-state index is 12.5. The Morgan fingerprint density at radius 1 is 1.29 bits per heavy atom. The number of methoxy groups -OCH3 is 1. The standard InChI is InChI=1S/C17H26N2O4.ClH/c1-13(23-15-5-3-14(21-2)4-6-15)11-19-16(20)17(12-18)7-9-22-10-8-17;/h3-6,13H,7-12,18H2,1-2H3,(H,19,20);1H. The highest BCUT2D eigenvalue weighted by Crippen LogP contribution is 2.29. The maximum Gasteiger partial charge on any atom is 0.227 e. The maximum atomic E-state index is 12.5. The predicted molar refractivity (Wildman–Crippen MR) is 94.9 cm³/mol. The summed E-state index contributed by atoms with van der Waals surface area (Å²) in [4.78, 5) is 12.5. The molecule has 1 fully saturated rings. The minimum Gasteiger partial charge on any atom is -0.497 e. The summed E-state index contributed by atoms with van der Waals surface area (Å²) in [7, 11) is 1.62. The first kappa shape index (κ1) is 20.5. The number of carbonyl (C=O) groups is 1. The van der Waals surface area contributed by atoms with Gasteiger partial charge in [-0.1, -0.05) is 0 Å². The molecule has 1 aliphatic heterocycles. The van der Waals surface area contributed by atoms with E-state index >= 15 is 0 Å². The Balaban J connectivity index is 0.00000288. The summed E-state index contributed by atoms with van der Waals surface area (Å²) < 4.78 is 16.2. The number of hydrogen-bond acceptors (Lipinski definition) is 5. The van der Waals surface area contributed by atoms with Gasteiger partial charge in [-0.15, -0.1) is 12.4 Å². The van der Waals surface area contributed by atoms with Crippen LogP contribution in [0.1, 0.15) is 19.8 Å². The molecule has 3 N–H and O–H groups in total. The van der Waals surface area contributed by atoms with Crippen molar-refractivity contribution in [3.8, 4) is 11.5 Å². The van der Waals surface area contributed by atoms with E-state index in [2.05, 4.69) is 5.32 Å². The van der Waals surface area contributed by atoms with E-state index in [-0.39, 0.29) is 24.4 Å². The van der Waals surface area contributed by atoms with Crippen molar-refractivity contribution in [3.63, 3.8) is 0 Å². The first-order valence-corrected chi connectivity index (χ1v) is 7.96. The summed E-state index contributed by atoms with van der Waals surface area (Å²) in [5.74, 6) is 1.52. The molecular weight excluding hydrogens is 332 g/mol. The minimum absolute atomic E-state index is 0. The molecule has 1 heterocycles. The molecule has 1 aromatic carbocycles. The Kier molecular flexibility index (Phi) is 8.31. The van der Waals surface area contributed by atoms with Gasteiger partial charge in [-0.05, 0) is 44.0 Å². The molecule has 1 atom stereocenters. The van der Waals surface area contributed by atoms with E-state index in [1.165, 1.54) is 0 Å². The molecule has 1 saturated heterocycles. The van der Waals surface area contributed by atoms with Crippen molar-refractivity contribution in [2.45, 2.75) is 25.9 Å². The van der Waals surface area contributed by atoms with Gasteiger partial charge in [0.2, 0.25) is 5.91 Å². The number of benzene rings is 1. The number of nitrogens with one attached hydrogen (secondary N) is 1. The van der Waals surface area contributed by atoms with Crippen LogP contribution in [0.4, 0.5) is 0 Å². The van der Waals surface area contributed by atoms with Gasteiger partial charge >= 0.3 is 0 Å². The van der Waals surface area contributed by atoms with Crippen molar-refractivity contribution in [1.29, 1.82) is 0 Å². The highest BCUT2D eigenvalue weighted by Gasteiger charge is 2.38. The number of carbonyl (C=O) groups excluding carboxylic acids is 1. The van der Waals surface area contributed by atoms with E-state index in [0.29, 0.717) is 39.1 Å². The van der Waals surface area contributed by atoms with Crippen LogP contribution in [0, 0.1) is 5.41 Å². The van der Waals surface area contributed by atoms with Gasteiger partial charge in [-0.25, -0.2) is 0 Å². The van der Waals surface area contributed by atoms with Gasteiger partial charge in [0.1, 0.15) is 17.6 Å². The van der Waals surface area contributed by atoms with Gasteiger partial charge in [0.05, 0.1) is 19.1 Å². The summed E-state index contributed by atoms with van der Waals surface area (Å²) in [5.41, 5.74) is 5.34. The third-order valence-corrected chi connectivity index (χ3v) is 4.27. The van der Waals surface area contributed by atoms with Crippen molar-refractivity contribution in [3.05, 3.63) is 24.3 Å². The molecular formula is C17H27ClN2O4. The third kappa shape index (κ3) is 5.26. The topological polar surface area (TPSA) is 82.8 Å². The van der Waals surface area contributed by atoms with Crippen LogP contribution < -0.4 is 20.5 Å². The van der Waals surface area contributed by atoms with Gasteiger partial charge in [-0.2, -0.15) is 0 Å². The molecule has 136 valence electrons. The van der Waals surface area contributed by atoms with Gasteiger partial charge in [-0.3, -0.25) is 4.79 Å². The monoisotopic (exact) mass is 358 g/mol. The number of ether oxygens (including phenoxy) is 3. The third-order valence-electron chi connectivity index (χ3n) is 4.27. The van der Waals surface area contributed by atoms with Gasteiger partial charge in [0, 0.05) is 19.8 Å². The zero-order valence-corrected chi connectivity index (χ0v) is 15.1. The van der Waals surface area contributed by atoms with Crippen LogP contribution in [-0.4, -0.2) is 45.4 Å². The molecule has 6 nitrogen and oxygen atoms in total. The fourth-order valence-corrected chi connectivity index (χ4v) is 2.64. The largest absolute Gasteiger partial charge is 0.497 e. The first-order chi connectivity index (χ1) is 11.1. The molecule has 2 rings (SSSR count). The second kappa shape index (κ2) is 9.71. The number of hydrogen-bond donors (Lipinski definition) is 2. The Labute approximate surface area is 149 Å². The molecule has 7 heteroatoms. The van der Waals surface area contributed by atoms with Crippen LogP contribution in [0.5, 0.6) is 11.5 Å². The fraction of sp³-hybridized carbons (Fsp3) is 0.588. The molecule has 0 spiro atoms.